The molecule has 0 radical (unpaired) electrons. The zero-order chi connectivity index (χ0) is 20.6. The van der Waals surface area contributed by atoms with Gasteiger partial charge in [-0.05, 0) is 30.9 Å². The normalized spacial score (nSPS) is 18.6. The number of hydrogen-bond acceptors (Lipinski definition) is 5. The highest BCUT2D eigenvalue weighted by Crippen LogP contribution is 2.34. The maximum absolute atomic E-state index is 12.9. The van der Waals surface area contributed by atoms with Gasteiger partial charge in [-0.25, -0.2) is 9.48 Å². The SMILES string of the molecule is CC(C)CN1C(=O)NC(=O)C12CCN(C(=O)c1cn(-c3ccccc3)nn1)CC2. The highest BCUT2D eigenvalue weighted by molar-refractivity contribution is 6.07. The molecule has 0 unspecified atom stereocenters. The van der Waals surface area contributed by atoms with Crippen molar-refractivity contribution in [3.63, 3.8) is 0 Å². The number of nitrogens with zero attached hydrogens (tertiary/aromatic N) is 5. The zero-order valence-electron chi connectivity index (χ0n) is 16.5. The van der Waals surface area contributed by atoms with Crippen LogP contribution in [0.3, 0.4) is 0 Å². The van der Waals surface area contributed by atoms with Crippen molar-refractivity contribution < 1.29 is 14.4 Å². The van der Waals surface area contributed by atoms with Crippen molar-refractivity contribution in [2.45, 2.75) is 32.2 Å². The van der Waals surface area contributed by atoms with Crippen molar-refractivity contribution >= 4 is 17.8 Å². The molecule has 1 spiro atoms. The van der Waals surface area contributed by atoms with E-state index in [4.69, 9.17) is 0 Å². The average molecular weight is 396 g/mol. The van der Waals surface area contributed by atoms with Crippen LogP contribution in [0.25, 0.3) is 5.69 Å². The van der Waals surface area contributed by atoms with Gasteiger partial charge in [0.25, 0.3) is 11.8 Å². The van der Waals surface area contributed by atoms with Crippen LogP contribution < -0.4 is 5.32 Å². The number of aromatic nitrogens is 3. The molecule has 1 aromatic carbocycles. The number of rotatable bonds is 4. The van der Waals surface area contributed by atoms with Gasteiger partial charge in [-0.1, -0.05) is 37.3 Å². The lowest BCUT2D eigenvalue weighted by Gasteiger charge is -2.42. The standard InChI is InChI=1S/C20H24N6O3/c1-14(2)12-25-19(29)21-18(28)20(25)8-10-24(11-9-20)17(27)16-13-26(23-22-16)15-6-4-3-5-7-15/h3-7,13-14H,8-12H2,1-2H3,(H,21,28,29). The summed E-state index contributed by atoms with van der Waals surface area (Å²) in [5.74, 6) is -0.233. The molecule has 2 aliphatic rings. The molecule has 0 saturated carbocycles. The summed E-state index contributed by atoms with van der Waals surface area (Å²) in [6.07, 6.45) is 2.44. The van der Waals surface area contributed by atoms with E-state index in [1.54, 1.807) is 20.7 Å². The van der Waals surface area contributed by atoms with Crippen LogP contribution in [0.4, 0.5) is 4.79 Å². The molecule has 2 saturated heterocycles. The first-order valence-corrected chi connectivity index (χ1v) is 9.81. The number of imide groups is 1. The lowest BCUT2D eigenvalue weighted by molar-refractivity contribution is -0.129. The fourth-order valence-electron chi connectivity index (χ4n) is 4.03. The summed E-state index contributed by atoms with van der Waals surface area (Å²) >= 11 is 0. The molecule has 4 rings (SSSR count). The molecule has 2 fully saturated rings. The first-order valence-electron chi connectivity index (χ1n) is 9.81. The van der Waals surface area contributed by atoms with E-state index in [-0.39, 0.29) is 29.5 Å². The fraction of sp³-hybridized carbons (Fsp3) is 0.450. The van der Waals surface area contributed by atoms with Gasteiger partial charge in [-0.2, -0.15) is 0 Å². The predicted molar refractivity (Wildman–Crippen MR) is 104 cm³/mol. The second kappa shape index (κ2) is 7.31. The lowest BCUT2D eigenvalue weighted by Crippen LogP contribution is -2.58. The molecule has 0 aliphatic carbocycles. The first-order chi connectivity index (χ1) is 13.9. The molecular formula is C20H24N6O3. The monoisotopic (exact) mass is 396 g/mol. The van der Waals surface area contributed by atoms with Crippen LogP contribution >= 0.6 is 0 Å². The molecule has 4 amide bonds. The smallest absolute Gasteiger partial charge is 0.325 e. The zero-order valence-corrected chi connectivity index (χ0v) is 16.5. The lowest BCUT2D eigenvalue weighted by atomic mass is 9.85. The summed E-state index contributed by atoms with van der Waals surface area (Å²) < 4.78 is 1.56. The molecule has 0 bridgehead atoms. The maximum atomic E-state index is 12.9. The Labute approximate surface area is 168 Å². The second-order valence-electron chi connectivity index (χ2n) is 7.97. The third-order valence-corrected chi connectivity index (χ3v) is 5.56. The molecule has 9 heteroatoms. The van der Waals surface area contributed by atoms with Crippen molar-refractivity contribution in [3.8, 4) is 5.69 Å². The predicted octanol–water partition coefficient (Wildman–Crippen LogP) is 1.45. The van der Waals surface area contributed by atoms with Crippen LogP contribution in [0.15, 0.2) is 36.5 Å². The van der Waals surface area contributed by atoms with Crippen LogP contribution in [0.2, 0.25) is 0 Å². The minimum Gasteiger partial charge on any atom is -0.337 e. The van der Waals surface area contributed by atoms with E-state index in [9.17, 15) is 14.4 Å². The quantitative estimate of drug-likeness (QED) is 0.789. The van der Waals surface area contributed by atoms with Crippen LogP contribution in [-0.2, 0) is 4.79 Å². The van der Waals surface area contributed by atoms with Gasteiger partial charge in [0.15, 0.2) is 5.69 Å². The highest BCUT2D eigenvalue weighted by Gasteiger charge is 2.54. The molecule has 2 aliphatic heterocycles. The van der Waals surface area contributed by atoms with Crippen LogP contribution in [0, 0.1) is 5.92 Å². The van der Waals surface area contributed by atoms with Crippen LogP contribution in [0.5, 0.6) is 0 Å². The van der Waals surface area contributed by atoms with E-state index >= 15 is 0 Å². The van der Waals surface area contributed by atoms with Gasteiger partial charge >= 0.3 is 6.03 Å². The summed E-state index contributed by atoms with van der Waals surface area (Å²) in [4.78, 5) is 41.0. The highest BCUT2D eigenvalue weighted by atomic mass is 16.2. The third-order valence-electron chi connectivity index (χ3n) is 5.56. The van der Waals surface area contributed by atoms with Crippen LogP contribution in [-0.4, -0.2) is 67.8 Å². The molecule has 1 aromatic heterocycles. The van der Waals surface area contributed by atoms with E-state index in [1.165, 1.54) is 0 Å². The Morgan fingerprint density at radius 1 is 1.17 bits per heavy atom. The number of likely N-dealkylation sites (tertiary alicyclic amines) is 1. The van der Waals surface area contributed by atoms with Crippen molar-refractivity contribution in [1.29, 1.82) is 0 Å². The van der Waals surface area contributed by atoms with E-state index in [0.29, 0.717) is 32.5 Å². The van der Waals surface area contributed by atoms with Crippen molar-refractivity contribution in [2.24, 2.45) is 5.92 Å². The van der Waals surface area contributed by atoms with E-state index in [2.05, 4.69) is 15.6 Å². The third kappa shape index (κ3) is 3.37. The number of amides is 4. The number of hydrogen-bond donors (Lipinski definition) is 1. The summed E-state index contributed by atoms with van der Waals surface area (Å²) in [6.45, 7) is 5.30. The number of carbonyl (C=O) groups is 3. The molecule has 0 atom stereocenters. The van der Waals surface area contributed by atoms with Crippen molar-refractivity contribution in [3.05, 3.63) is 42.2 Å². The molecule has 152 valence electrons. The summed E-state index contributed by atoms with van der Waals surface area (Å²) in [6, 6.07) is 9.11. The van der Waals surface area contributed by atoms with Gasteiger partial charge in [-0.15, -0.1) is 5.10 Å². The van der Waals surface area contributed by atoms with Gasteiger partial charge in [0.05, 0.1) is 11.9 Å². The topological polar surface area (TPSA) is 100 Å². The Hall–Kier alpha value is -3.23. The van der Waals surface area contributed by atoms with Gasteiger partial charge in [0.1, 0.15) is 5.54 Å². The molecule has 1 N–H and O–H groups in total. The van der Waals surface area contributed by atoms with Gasteiger partial charge in [0, 0.05) is 19.6 Å². The number of para-hydroxylation sites is 1. The number of urea groups is 1. The summed E-state index contributed by atoms with van der Waals surface area (Å²) in [7, 11) is 0. The molecule has 2 aromatic rings. The number of carbonyl (C=O) groups excluding carboxylic acids is 3. The van der Waals surface area contributed by atoms with E-state index in [0.717, 1.165) is 5.69 Å². The Morgan fingerprint density at radius 2 is 1.86 bits per heavy atom. The van der Waals surface area contributed by atoms with Gasteiger partial charge in [0.2, 0.25) is 0 Å². The van der Waals surface area contributed by atoms with Gasteiger partial charge < -0.3 is 9.80 Å². The average Bonchev–Trinajstić information content (AvgIpc) is 3.29. The minimum atomic E-state index is -0.861. The Morgan fingerprint density at radius 3 is 2.52 bits per heavy atom. The largest absolute Gasteiger partial charge is 0.337 e. The second-order valence-corrected chi connectivity index (χ2v) is 7.97. The van der Waals surface area contributed by atoms with E-state index < -0.39 is 5.54 Å². The van der Waals surface area contributed by atoms with Crippen molar-refractivity contribution in [2.75, 3.05) is 19.6 Å². The number of nitrogens with one attached hydrogen (secondary N) is 1. The fourth-order valence-corrected chi connectivity index (χ4v) is 4.03. The Kier molecular flexibility index (Phi) is 4.81. The number of piperidine rings is 1. The number of benzene rings is 1. The van der Waals surface area contributed by atoms with Crippen molar-refractivity contribution in [1.82, 2.24) is 30.1 Å². The minimum absolute atomic E-state index is 0.220. The molecule has 29 heavy (non-hydrogen) atoms. The molecular weight excluding hydrogens is 372 g/mol. The van der Waals surface area contributed by atoms with Gasteiger partial charge in [-0.3, -0.25) is 14.9 Å². The first kappa shape index (κ1) is 19.1. The molecule has 3 heterocycles. The Bertz CT molecular complexity index is 931. The summed E-state index contributed by atoms with van der Waals surface area (Å²) in [5, 5.41) is 10.5. The Balaban J connectivity index is 1.47. The van der Waals surface area contributed by atoms with E-state index in [1.807, 2.05) is 44.2 Å². The maximum Gasteiger partial charge on any atom is 0.325 e. The summed E-state index contributed by atoms with van der Waals surface area (Å²) in [5.41, 5.74) is 0.220. The van der Waals surface area contributed by atoms with Crippen LogP contribution in [0.1, 0.15) is 37.2 Å². The molecule has 9 nitrogen and oxygen atoms in total.